The molecule has 3 heteroatoms. The van der Waals surface area contributed by atoms with Crippen molar-refractivity contribution in [2.75, 3.05) is 0 Å². The van der Waals surface area contributed by atoms with Gasteiger partial charge in [0, 0.05) is 9.38 Å². The van der Waals surface area contributed by atoms with E-state index in [0.29, 0.717) is 10.7 Å². The van der Waals surface area contributed by atoms with E-state index in [1.807, 2.05) is 54.6 Å². The second-order valence-corrected chi connectivity index (χ2v) is 6.29. The highest BCUT2D eigenvalue weighted by Crippen LogP contribution is 2.21. The summed E-state index contributed by atoms with van der Waals surface area (Å²) in [6.45, 7) is 3.94. The summed E-state index contributed by atoms with van der Waals surface area (Å²) in [7, 11) is -1.08. The van der Waals surface area contributed by atoms with Crippen molar-refractivity contribution in [2.45, 2.75) is 5.75 Å². The third-order valence-electron chi connectivity index (χ3n) is 2.58. The molecule has 0 aromatic heterocycles. The Morgan fingerprint density at radius 2 is 1.67 bits per heavy atom. The zero-order valence-electron chi connectivity index (χ0n) is 9.80. The van der Waals surface area contributed by atoms with Crippen LogP contribution in [0.2, 0.25) is 0 Å². The SMILES string of the molecule is C=C(c1ccc(Br)cc1)[S@@](=O)Cc1ccccc1. The molecule has 0 saturated heterocycles. The largest absolute Gasteiger partial charge is 0.254 e. The first-order chi connectivity index (χ1) is 8.66. The van der Waals surface area contributed by atoms with Gasteiger partial charge in [-0.2, -0.15) is 0 Å². The molecule has 2 rings (SSSR count). The van der Waals surface area contributed by atoms with Gasteiger partial charge in [-0.3, -0.25) is 4.21 Å². The number of hydrogen-bond acceptors (Lipinski definition) is 1. The fourth-order valence-corrected chi connectivity index (χ4v) is 2.91. The number of rotatable bonds is 4. The summed E-state index contributed by atoms with van der Waals surface area (Å²) in [6, 6.07) is 17.5. The van der Waals surface area contributed by atoms with E-state index < -0.39 is 10.8 Å². The number of halogens is 1. The van der Waals surface area contributed by atoms with E-state index in [1.54, 1.807) is 0 Å². The molecule has 0 radical (unpaired) electrons. The molecule has 0 unspecified atom stereocenters. The van der Waals surface area contributed by atoms with Crippen LogP contribution in [0.1, 0.15) is 11.1 Å². The highest BCUT2D eigenvalue weighted by atomic mass is 79.9. The Morgan fingerprint density at radius 3 is 2.28 bits per heavy atom. The maximum absolute atomic E-state index is 12.2. The quantitative estimate of drug-likeness (QED) is 0.817. The van der Waals surface area contributed by atoms with Gasteiger partial charge in [-0.1, -0.05) is 65.0 Å². The van der Waals surface area contributed by atoms with Crippen molar-refractivity contribution in [3.8, 4) is 0 Å². The molecule has 0 aliphatic heterocycles. The maximum Gasteiger partial charge on any atom is 0.0574 e. The Labute approximate surface area is 118 Å². The summed E-state index contributed by atoms with van der Waals surface area (Å²) in [5.74, 6) is 0.510. The molecular formula is C15H13BrOS. The van der Waals surface area contributed by atoms with Crippen molar-refractivity contribution in [3.05, 3.63) is 76.8 Å². The Kier molecular flexibility index (Phi) is 4.50. The second kappa shape index (κ2) is 6.12. The van der Waals surface area contributed by atoms with E-state index >= 15 is 0 Å². The molecule has 0 aliphatic carbocycles. The lowest BCUT2D eigenvalue weighted by molar-refractivity contribution is 0.688. The first-order valence-electron chi connectivity index (χ1n) is 5.54. The fraction of sp³-hybridized carbons (Fsp3) is 0.0667. The number of benzene rings is 2. The summed E-state index contributed by atoms with van der Waals surface area (Å²) in [5.41, 5.74) is 1.99. The minimum atomic E-state index is -1.08. The van der Waals surface area contributed by atoms with E-state index in [1.165, 1.54) is 0 Å². The molecule has 18 heavy (non-hydrogen) atoms. The van der Waals surface area contributed by atoms with Crippen molar-refractivity contribution < 1.29 is 4.21 Å². The molecule has 0 heterocycles. The van der Waals surface area contributed by atoms with Gasteiger partial charge in [-0.25, -0.2) is 0 Å². The van der Waals surface area contributed by atoms with Gasteiger partial charge in [0.1, 0.15) is 0 Å². The lowest BCUT2D eigenvalue weighted by Crippen LogP contribution is -1.97. The van der Waals surface area contributed by atoms with E-state index in [2.05, 4.69) is 22.5 Å². The van der Waals surface area contributed by atoms with Crippen LogP contribution in [0.5, 0.6) is 0 Å². The Bertz CT molecular complexity index is 561. The van der Waals surface area contributed by atoms with Crippen molar-refractivity contribution in [1.29, 1.82) is 0 Å². The smallest absolute Gasteiger partial charge is 0.0574 e. The predicted octanol–water partition coefficient (Wildman–Crippen LogP) is 4.37. The predicted molar refractivity (Wildman–Crippen MR) is 81.5 cm³/mol. The average Bonchev–Trinajstić information content (AvgIpc) is 2.40. The van der Waals surface area contributed by atoms with Crippen LogP contribution in [0, 0.1) is 0 Å². The molecule has 0 spiro atoms. The summed E-state index contributed by atoms with van der Waals surface area (Å²) in [6.07, 6.45) is 0. The van der Waals surface area contributed by atoms with Crippen molar-refractivity contribution in [1.82, 2.24) is 0 Å². The third kappa shape index (κ3) is 3.40. The van der Waals surface area contributed by atoms with Crippen LogP contribution in [0.15, 0.2) is 65.6 Å². The minimum Gasteiger partial charge on any atom is -0.254 e. The molecule has 2 aromatic carbocycles. The van der Waals surface area contributed by atoms with Gasteiger partial charge in [-0.05, 0) is 23.3 Å². The molecule has 1 nitrogen and oxygen atoms in total. The van der Waals surface area contributed by atoms with E-state index in [4.69, 9.17) is 0 Å². The van der Waals surface area contributed by atoms with Gasteiger partial charge in [0.15, 0.2) is 0 Å². The topological polar surface area (TPSA) is 17.1 Å². The first kappa shape index (κ1) is 13.2. The highest BCUT2D eigenvalue weighted by molar-refractivity contribution is 9.10. The van der Waals surface area contributed by atoms with Crippen molar-refractivity contribution in [3.63, 3.8) is 0 Å². The van der Waals surface area contributed by atoms with Crippen LogP contribution in [0.4, 0.5) is 0 Å². The number of hydrogen-bond donors (Lipinski definition) is 0. The zero-order chi connectivity index (χ0) is 13.0. The van der Waals surface area contributed by atoms with Crippen LogP contribution in [-0.4, -0.2) is 4.21 Å². The first-order valence-corrected chi connectivity index (χ1v) is 7.65. The molecule has 92 valence electrons. The maximum atomic E-state index is 12.2. The highest BCUT2D eigenvalue weighted by Gasteiger charge is 2.08. The Morgan fingerprint density at radius 1 is 1.06 bits per heavy atom. The molecule has 0 amide bonds. The van der Waals surface area contributed by atoms with Gasteiger partial charge in [0.2, 0.25) is 0 Å². The van der Waals surface area contributed by atoms with Gasteiger partial charge in [-0.15, -0.1) is 0 Å². The molecule has 0 saturated carbocycles. The van der Waals surface area contributed by atoms with Crippen molar-refractivity contribution >= 4 is 31.6 Å². The van der Waals surface area contributed by atoms with Crippen LogP contribution < -0.4 is 0 Å². The van der Waals surface area contributed by atoms with E-state index in [-0.39, 0.29) is 0 Å². The second-order valence-electron chi connectivity index (χ2n) is 3.91. The third-order valence-corrected chi connectivity index (χ3v) is 4.49. The van der Waals surface area contributed by atoms with Crippen molar-refractivity contribution in [2.24, 2.45) is 0 Å². The van der Waals surface area contributed by atoms with Crippen LogP contribution >= 0.6 is 15.9 Å². The average molecular weight is 321 g/mol. The minimum absolute atomic E-state index is 0.510. The summed E-state index contributed by atoms with van der Waals surface area (Å²) >= 11 is 3.38. The summed E-state index contributed by atoms with van der Waals surface area (Å²) in [5, 5.41) is 0. The van der Waals surface area contributed by atoms with Gasteiger partial charge in [0.25, 0.3) is 0 Å². The van der Waals surface area contributed by atoms with Crippen LogP contribution in [0.25, 0.3) is 4.91 Å². The van der Waals surface area contributed by atoms with Gasteiger partial charge < -0.3 is 0 Å². The summed E-state index contributed by atoms with van der Waals surface area (Å²) < 4.78 is 13.2. The summed E-state index contributed by atoms with van der Waals surface area (Å²) in [4.78, 5) is 0.673. The molecule has 1 atom stereocenters. The van der Waals surface area contributed by atoms with Gasteiger partial charge in [0.05, 0.1) is 16.6 Å². The molecule has 0 fully saturated rings. The molecule has 0 aliphatic rings. The Hall–Kier alpha value is -1.19. The van der Waals surface area contributed by atoms with Gasteiger partial charge >= 0.3 is 0 Å². The molecular weight excluding hydrogens is 308 g/mol. The fourth-order valence-electron chi connectivity index (χ4n) is 1.58. The standard InChI is InChI=1S/C15H13BrOS/c1-12(14-7-9-15(16)10-8-14)18(17)11-13-5-3-2-4-6-13/h2-10H,1,11H2/t18-/m0/s1. The van der Waals surface area contributed by atoms with Crippen LogP contribution in [-0.2, 0) is 16.6 Å². The zero-order valence-corrected chi connectivity index (χ0v) is 12.2. The Balaban J connectivity index is 2.10. The normalized spacial score (nSPS) is 12.1. The van der Waals surface area contributed by atoms with E-state index in [0.717, 1.165) is 15.6 Å². The molecule has 0 bridgehead atoms. The van der Waals surface area contributed by atoms with Crippen LogP contribution in [0.3, 0.4) is 0 Å². The lowest BCUT2D eigenvalue weighted by atomic mass is 10.2. The monoisotopic (exact) mass is 320 g/mol. The lowest BCUT2D eigenvalue weighted by Gasteiger charge is -2.06. The molecule has 0 N–H and O–H groups in total. The van der Waals surface area contributed by atoms with E-state index in [9.17, 15) is 4.21 Å². The molecule has 2 aromatic rings.